The monoisotopic (exact) mass is 275 g/mol. The third-order valence-corrected chi connectivity index (χ3v) is 5.11. The molecule has 0 bridgehead atoms. The number of thiophene rings is 1. The van der Waals surface area contributed by atoms with Gasteiger partial charge in [0.15, 0.2) is 0 Å². The minimum absolute atomic E-state index is 0.142. The molecule has 2 fully saturated rings. The molecule has 2 atom stereocenters. The molecule has 1 N–H and O–H groups in total. The highest BCUT2D eigenvalue weighted by molar-refractivity contribution is 7.14. The van der Waals surface area contributed by atoms with E-state index in [4.69, 9.17) is 5.11 Å². The number of carbonyl (C=O) groups excluding carboxylic acids is 1. The fraction of sp³-hybridized carbons (Fsp3) is 0.533. The Bertz CT molecular complexity index is 528. The number of aliphatic hydroxyl groups excluding tert-OH is 1. The van der Waals surface area contributed by atoms with E-state index >= 15 is 0 Å². The van der Waals surface area contributed by atoms with Crippen LogP contribution in [0.15, 0.2) is 12.1 Å². The minimum Gasteiger partial charge on any atom is -0.384 e. The van der Waals surface area contributed by atoms with Crippen LogP contribution in [0.2, 0.25) is 0 Å². The predicted octanol–water partition coefficient (Wildman–Crippen LogP) is 1.96. The van der Waals surface area contributed by atoms with E-state index in [2.05, 4.69) is 11.8 Å². The molecule has 3 nitrogen and oxygen atoms in total. The molecule has 0 radical (unpaired) electrons. The Morgan fingerprint density at radius 1 is 1.37 bits per heavy atom. The molecule has 1 saturated carbocycles. The van der Waals surface area contributed by atoms with E-state index in [0.717, 1.165) is 34.7 Å². The van der Waals surface area contributed by atoms with Crippen molar-refractivity contribution in [1.82, 2.24) is 4.90 Å². The van der Waals surface area contributed by atoms with E-state index in [1.165, 1.54) is 30.6 Å². The van der Waals surface area contributed by atoms with Gasteiger partial charge < -0.3 is 10.0 Å². The highest BCUT2D eigenvalue weighted by Gasteiger charge is 2.38. The van der Waals surface area contributed by atoms with Gasteiger partial charge >= 0.3 is 0 Å². The number of fused-ring (bicyclic) bond motifs is 1. The summed E-state index contributed by atoms with van der Waals surface area (Å²) in [4.78, 5) is 16.0. The Kier molecular flexibility index (Phi) is 3.58. The number of rotatable bonds is 1. The lowest BCUT2D eigenvalue weighted by Gasteiger charge is -2.15. The van der Waals surface area contributed by atoms with Crippen molar-refractivity contribution in [2.45, 2.75) is 19.3 Å². The van der Waals surface area contributed by atoms with Crippen LogP contribution in [-0.4, -0.2) is 35.6 Å². The molecule has 100 valence electrons. The molecule has 2 unspecified atom stereocenters. The first-order valence-electron chi connectivity index (χ1n) is 6.77. The van der Waals surface area contributed by atoms with Crippen molar-refractivity contribution in [3.63, 3.8) is 0 Å². The van der Waals surface area contributed by atoms with E-state index < -0.39 is 0 Å². The van der Waals surface area contributed by atoms with Gasteiger partial charge in [0.25, 0.3) is 5.91 Å². The number of nitrogens with zero attached hydrogens (tertiary/aromatic N) is 1. The van der Waals surface area contributed by atoms with Gasteiger partial charge in [0.05, 0.1) is 9.75 Å². The summed E-state index contributed by atoms with van der Waals surface area (Å²) in [7, 11) is 0. The SMILES string of the molecule is O=C(c1ccc(C#CCO)s1)N1CC2CCCC2C1. The zero-order valence-corrected chi connectivity index (χ0v) is 11.6. The standard InChI is InChI=1S/C15H17NO2S/c17-8-2-5-13-6-7-14(19-13)15(18)16-9-11-3-1-4-12(11)10-16/h6-7,11-12,17H,1,3-4,8-10H2. The number of hydrogen-bond acceptors (Lipinski definition) is 3. The summed E-state index contributed by atoms with van der Waals surface area (Å²) in [6.45, 7) is 1.72. The Morgan fingerprint density at radius 3 is 2.79 bits per heavy atom. The van der Waals surface area contributed by atoms with E-state index in [-0.39, 0.29) is 12.5 Å². The summed E-state index contributed by atoms with van der Waals surface area (Å²) in [6, 6.07) is 3.71. The molecule has 0 aromatic carbocycles. The van der Waals surface area contributed by atoms with Gasteiger partial charge in [0.2, 0.25) is 0 Å². The van der Waals surface area contributed by atoms with Gasteiger partial charge in [-0.25, -0.2) is 0 Å². The van der Waals surface area contributed by atoms with Crippen LogP contribution < -0.4 is 0 Å². The van der Waals surface area contributed by atoms with Gasteiger partial charge in [-0.2, -0.15) is 0 Å². The van der Waals surface area contributed by atoms with Crippen LogP contribution in [0.25, 0.3) is 0 Å². The zero-order valence-electron chi connectivity index (χ0n) is 10.8. The Morgan fingerprint density at radius 2 is 2.11 bits per heavy atom. The van der Waals surface area contributed by atoms with Crippen molar-refractivity contribution in [3.8, 4) is 11.8 Å². The number of carbonyl (C=O) groups is 1. The van der Waals surface area contributed by atoms with Crippen molar-refractivity contribution < 1.29 is 9.90 Å². The lowest BCUT2D eigenvalue weighted by molar-refractivity contribution is 0.0785. The maximum atomic E-state index is 12.4. The van der Waals surface area contributed by atoms with E-state index in [1.54, 1.807) is 0 Å². The van der Waals surface area contributed by atoms with Crippen LogP contribution >= 0.6 is 11.3 Å². The maximum Gasteiger partial charge on any atom is 0.263 e. The fourth-order valence-corrected chi connectivity index (χ4v) is 4.05. The summed E-state index contributed by atoms with van der Waals surface area (Å²) in [5.74, 6) is 7.07. The Balaban J connectivity index is 1.69. The van der Waals surface area contributed by atoms with Gasteiger partial charge in [-0.3, -0.25) is 4.79 Å². The molecule has 1 aromatic heterocycles. The number of aliphatic hydroxyl groups is 1. The van der Waals surface area contributed by atoms with Crippen LogP contribution in [0.4, 0.5) is 0 Å². The smallest absolute Gasteiger partial charge is 0.263 e. The molecule has 1 saturated heterocycles. The lowest BCUT2D eigenvalue weighted by atomic mass is 10.0. The molecule has 2 aliphatic rings. The predicted molar refractivity (Wildman–Crippen MR) is 75.0 cm³/mol. The van der Waals surface area contributed by atoms with Gasteiger partial charge in [-0.15, -0.1) is 11.3 Å². The second kappa shape index (κ2) is 5.36. The van der Waals surface area contributed by atoms with Crippen LogP contribution in [-0.2, 0) is 0 Å². The summed E-state index contributed by atoms with van der Waals surface area (Å²) < 4.78 is 0. The summed E-state index contributed by atoms with van der Waals surface area (Å²) in [5.41, 5.74) is 0. The fourth-order valence-electron chi connectivity index (χ4n) is 3.20. The molecule has 2 heterocycles. The first-order valence-corrected chi connectivity index (χ1v) is 7.58. The number of amides is 1. The number of hydrogen-bond donors (Lipinski definition) is 1. The molecule has 3 rings (SSSR count). The van der Waals surface area contributed by atoms with Gasteiger partial charge in [0, 0.05) is 13.1 Å². The third kappa shape index (κ3) is 2.54. The second-order valence-corrected chi connectivity index (χ2v) is 6.37. The molecule has 1 aliphatic heterocycles. The van der Waals surface area contributed by atoms with E-state index in [9.17, 15) is 4.79 Å². The zero-order chi connectivity index (χ0) is 13.2. The highest BCUT2D eigenvalue weighted by atomic mass is 32.1. The van der Waals surface area contributed by atoms with Crippen molar-refractivity contribution in [3.05, 3.63) is 21.9 Å². The van der Waals surface area contributed by atoms with Crippen molar-refractivity contribution in [1.29, 1.82) is 0 Å². The number of likely N-dealkylation sites (tertiary alicyclic amines) is 1. The molecule has 4 heteroatoms. The van der Waals surface area contributed by atoms with Gasteiger partial charge in [0.1, 0.15) is 6.61 Å². The first kappa shape index (κ1) is 12.7. The Hall–Kier alpha value is -1.31. The van der Waals surface area contributed by atoms with Crippen LogP contribution in [0.1, 0.15) is 33.8 Å². The topological polar surface area (TPSA) is 40.5 Å². The normalized spacial score (nSPS) is 25.0. The lowest BCUT2D eigenvalue weighted by Crippen LogP contribution is -2.28. The summed E-state index contributed by atoms with van der Waals surface area (Å²) in [6.07, 6.45) is 3.90. The second-order valence-electron chi connectivity index (χ2n) is 5.28. The average molecular weight is 275 g/mol. The van der Waals surface area contributed by atoms with Crippen molar-refractivity contribution in [2.24, 2.45) is 11.8 Å². The van der Waals surface area contributed by atoms with Crippen molar-refractivity contribution >= 4 is 17.2 Å². The minimum atomic E-state index is -0.142. The first-order chi connectivity index (χ1) is 9.28. The molecule has 1 aliphatic carbocycles. The summed E-state index contributed by atoms with van der Waals surface area (Å²) >= 11 is 1.42. The summed E-state index contributed by atoms with van der Waals surface area (Å²) in [5, 5.41) is 8.66. The van der Waals surface area contributed by atoms with Crippen molar-refractivity contribution in [2.75, 3.05) is 19.7 Å². The van der Waals surface area contributed by atoms with E-state index in [0.29, 0.717) is 0 Å². The van der Waals surface area contributed by atoms with Crippen LogP contribution in [0.3, 0.4) is 0 Å². The van der Waals surface area contributed by atoms with Gasteiger partial charge in [-0.1, -0.05) is 18.3 Å². The average Bonchev–Trinajstić information content (AvgIpc) is 3.10. The Labute approximate surface area is 117 Å². The van der Waals surface area contributed by atoms with Crippen LogP contribution in [0.5, 0.6) is 0 Å². The molecule has 0 spiro atoms. The van der Waals surface area contributed by atoms with Crippen LogP contribution in [0, 0.1) is 23.7 Å². The largest absolute Gasteiger partial charge is 0.384 e. The molecular formula is C15H17NO2S. The molecular weight excluding hydrogens is 258 g/mol. The van der Waals surface area contributed by atoms with E-state index in [1.807, 2.05) is 17.0 Å². The molecule has 1 amide bonds. The maximum absolute atomic E-state index is 12.4. The quantitative estimate of drug-likeness (QED) is 0.796. The molecule has 1 aromatic rings. The molecule has 19 heavy (non-hydrogen) atoms. The van der Waals surface area contributed by atoms with Gasteiger partial charge in [-0.05, 0) is 36.8 Å². The third-order valence-electron chi connectivity index (χ3n) is 4.12. The highest BCUT2D eigenvalue weighted by Crippen LogP contribution is 2.38.